The van der Waals surface area contributed by atoms with Gasteiger partial charge in [0.1, 0.15) is 0 Å². The fourth-order valence-electron chi connectivity index (χ4n) is 2.38. The summed E-state index contributed by atoms with van der Waals surface area (Å²) in [6.07, 6.45) is 2.59. The van der Waals surface area contributed by atoms with Gasteiger partial charge >= 0.3 is 0 Å². The number of nitrogens with one attached hydrogen (secondary N) is 1. The minimum absolute atomic E-state index is 0.269. The Kier molecular flexibility index (Phi) is 3.07. The highest BCUT2D eigenvalue weighted by Crippen LogP contribution is 2.37. The first-order valence-electron chi connectivity index (χ1n) is 6.28. The first-order chi connectivity index (χ1) is 7.50. The lowest BCUT2D eigenvalue weighted by atomic mass is 9.75. The molecular weight excluding hydrogens is 194 g/mol. The van der Waals surface area contributed by atoms with Gasteiger partial charge in [-0.15, -0.1) is 0 Å². The van der Waals surface area contributed by atoms with Crippen molar-refractivity contribution in [3.8, 4) is 0 Å². The van der Waals surface area contributed by atoms with Crippen molar-refractivity contribution < 1.29 is 0 Å². The Balaban J connectivity index is 2.04. The van der Waals surface area contributed by atoms with E-state index >= 15 is 0 Å². The molecule has 1 N–H and O–H groups in total. The van der Waals surface area contributed by atoms with E-state index in [1.165, 1.54) is 24.0 Å². The molecule has 0 aromatic heterocycles. The predicted molar refractivity (Wildman–Crippen MR) is 70.0 cm³/mol. The lowest BCUT2D eigenvalue weighted by Gasteiger charge is -2.35. The molecule has 0 heterocycles. The van der Waals surface area contributed by atoms with E-state index in [1.807, 2.05) is 0 Å². The second-order valence-electron chi connectivity index (χ2n) is 6.03. The van der Waals surface area contributed by atoms with Crippen LogP contribution < -0.4 is 5.32 Å². The van der Waals surface area contributed by atoms with Gasteiger partial charge in [0.25, 0.3) is 0 Å². The molecule has 0 amide bonds. The normalized spacial score (nSPS) is 25.2. The van der Waals surface area contributed by atoms with Gasteiger partial charge in [0, 0.05) is 6.04 Å². The summed E-state index contributed by atoms with van der Waals surface area (Å²) < 4.78 is 0. The van der Waals surface area contributed by atoms with Gasteiger partial charge < -0.3 is 5.32 Å². The van der Waals surface area contributed by atoms with Crippen molar-refractivity contribution >= 4 is 0 Å². The van der Waals surface area contributed by atoms with E-state index in [0.717, 1.165) is 12.0 Å². The zero-order valence-corrected chi connectivity index (χ0v) is 10.9. The Hall–Kier alpha value is -0.820. The summed E-state index contributed by atoms with van der Waals surface area (Å²) in [5.41, 5.74) is 3.21. The van der Waals surface area contributed by atoms with Gasteiger partial charge in [0.15, 0.2) is 0 Å². The minimum atomic E-state index is 0.269. The molecule has 1 saturated carbocycles. The first kappa shape index (κ1) is 11.7. The molecule has 88 valence electrons. The maximum Gasteiger partial charge on any atom is 0.00757 e. The first-order valence-corrected chi connectivity index (χ1v) is 6.28. The maximum atomic E-state index is 3.34. The average molecular weight is 217 g/mol. The Bertz CT molecular complexity index is 339. The van der Waals surface area contributed by atoms with E-state index < -0.39 is 0 Å². The predicted octanol–water partition coefficient (Wildman–Crippen LogP) is 3.45. The van der Waals surface area contributed by atoms with Gasteiger partial charge in [-0.05, 0) is 42.3 Å². The zero-order chi connectivity index (χ0) is 11.8. The minimum Gasteiger partial charge on any atom is -0.317 e. The fourth-order valence-corrected chi connectivity index (χ4v) is 2.38. The number of benzene rings is 1. The van der Waals surface area contributed by atoms with Crippen molar-refractivity contribution in [2.75, 3.05) is 7.05 Å². The standard InChI is InChI=1S/C15H23N/c1-15(2,3)13-7-5-11(6-8-13)12-9-14(10-12)16-4/h5-8,12,14,16H,9-10H2,1-4H3. The van der Waals surface area contributed by atoms with E-state index in [2.05, 4.69) is 57.4 Å². The van der Waals surface area contributed by atoms with Crippen molar-refractivity contribution in [1.29, 1.82) is 0 Å². The highest BCUT2D eigenvalue weighted by atomic mass is 14.9. The van der Waals surface area contributed by atoms with Gasteiger partial charge in [-0.25, -0.2) is 0 Å². The number of hydrogen-bond acceptors (Lipinski definition) is 1. The highest BCUT2D eigenvalue weighted by molar-refractivity contribution is 5.30. The SMILES string of the molecule is CNC1CC(c2ccc(C(C)(C)C)cc2)C1. The molecule has 0 unspecified atom stereocenters. The second-order valence-corrected chi connectivity index (χ2v) is 6.03. The van der Waals surface area contributed by atoms with E-state index in [4.69, 9.17) is 0 Å². The van der Waals surface area contributed by atoms with E-state index in [1.54, 1.807) is 0 Å². The maximum absolute atomic E-state index is 3.34. The summed E-state index contributed by atoms with van der Waals surface area (Å²) in [5.74, 6) is 0.784. The fraction of sp³-hybridized carbons (Fsp3) is 0.600. The molecule has 1 aromatic rings. The van der Waals surface area contributed by atoms with Crippen LogP contribution >= 0.6 is 0 Å². The van der Waals surface area contributed by atoms with E-state index in [-0.39, 0.29) is 5.41 Å². The van der Waals surface area contributed by atoms with Crippen LogP contribution in [0.15, 0.2) is 24.3 Å². The molecule has 0 saturated heterocycles. The molecule has 1 aromatic carbocycles. The van der Waals surface area contributed by atoms with Gasteiger partial charge in [0.05, 0.1) is 0 Å². The highest BCUT2D eigenvalue weighted by Gasteiger charge is 2.28. The Labute approximate surface area is 99.3 Å². The van der Waals surface area contributed by atoms with Crippen molar-refractivity contribution in [1.82, 2.24) is 5.32 Å². The van der Waals surface area contributed by atoms with Crippen molar-refractivity contribution in [3.63, 3.8) is 0 Å². The molecule has 1 heteroatoms. The molecule has 0 bridgehead atoms. The molecule has 0 aliphatic heterocycles. The summed E-state index contributed by atoms with van der Waals surface area (Å²) in [4.78, 5) is 0. The third kappa shape index (κ3) is 2.30. The molecule has 2 rings (SSSR count). The van der Waals surface area contributed by atoms with Crippen molar-refractivity contribution in [3.05, 3.63) is 35.4 Å². The number of rotatable bonds is 2. The van der Waals surface area contributed by atoms with E-state index in [0.29, 0.717) is 0 Å². The smallest absolute Gasteiger partial charge is 0.00757 e. The summed E-state index contributed by atoms with van der Waals surface area (Å²) in [7, 11) is 2.06. The molecule has 1 aliphatic carbocycles. The molecule has 1 aliphatic rings. The Morgan fingerprint density at radius 3 is 2.06 bits per heavy atom. The van der Waals surface area contributed by atoms with Crippen LogP contribution in [0.2, 0.25) is 0 Å². The van der Waals surface area contributed by atoms with Crippen LogP contribution in [-0.2, 0) is 5.41 Å². The summed E-state index contributed by atoms with van der Waals surface area (Å²) in [5, 5.41) is 3.34. The molecular formula is C15H23N. The van der Waals surface area contributed by atoms with Crippen LogP contribution in [0.5, 0.6) is 0 Å². The van der Waals surface area contributed by atoms with Crippen LogP contribution in [0.4, 0.5) is 0 Å². The molecule has 0 radical (unpaired) electrons. The number of hydrogen-bond donors (Lipinski definition) is 1. The monoisotopic (exact) mass is 217 g/mol. The van der Waals surface area contributed by atoms with Gasteiger partial charge in [-0.2, -0.15) is 0 Å². The molecule has 1 nitrogen and oxygen atoms in total. The van der Waals surface area contributed by atoms with Gasteiger partial charge in [-0.3, -0.25) is 0 Å². The third-order valence-corrected chi connectivity index (χ3v) is 3.79. The molecule has 0 spiro atoms. The quantitative estimate of drug-likeness (QED) is 0.800. The lowest BCUT2D eigenvalue weighted by molar-refractivity contribution is 0.307. The summed E-state index contributed by atoms with van der Waals surface area (Å²) in [6, 6.07) is 9.96. The summed E-state index contributed by atoms with van der Waals surface area (Å²) in [6.45, 7) is 6.80. The van der Waals surface area contributed by atoms with Crippen LogP contribution in [0.1, 0.15) is 50.7 Å². The second kappa shape index (κ2) is 4.21. The van der Waals surface area contributed by atoms with Crippen LogP contribution in [0.25, 0.3) is 0 Å². The topological polar surface area (TPSA) is 12.0 Å². The van der Waals surface area contributed by atoms with Gasteiger partial charge in [0.2, 0.25) is 0 Å². The van der Waals surface area contributed by atoms with Crippen LogP contribution in [-0.4, -0.2) is 13.1 Å². The van der Waals surface area contributed by atoms with Crippen LogP contribution in [0.3, 0.4) is 0 Å². The Morgan fingerprint density at radius 2 is 1.62 bits per heavy atom. The molecule has 1 fully saturated rings. The summed E-state index contributed by atoms with van der Waals surface area (Å²) >= 11 is 0. The Morgan fingerprint density at radius 1 is 1.06 bits per heavy atom. The lowest BCUT2D eigenvalue weighted by Crippen LogP contribution is -2.37. The van der Waals surface area contributed by atoms with Gasteiger partial charge in [-0.1, -0.05) is 45.0 Å². The van der Waals surface area contributed by atoms with Crippen molar-refractivity contribution in [2.45, 2.75) is 51.0 Å². The van der Waals surface area contributed by atoms with Crippen molar-refractivity contribution in [2.24, 2.45) is 0 Å². The third-order valence-electron chi connectivity index (χ3n) is 3.79. The molecule has 0 atom stereocenters. The zero-order valence-electron chi connectivity index (χ0n) is 10.9. The van der Waals surface area contributed by atoms with E-state index in [9.17, 15) is 0 Å². The average Bonchev–Trinajstić information content (AvgIpc) is 2.15. The largest absolute Gasteiger partial charge is 0.317 e. The molecule has 16 heavy (non-hydrogen) atoms. The van der Waals surface area contributed by atoms with Crippen LogP contribution in [0, 0.1) is 0 Å².